The van der Waals surface area contributed by atoms with Crippen LogP contribution in [0.25, 0.3) is 0 Å². The van der Waals surface area contributed by atoms with Crippen LogP contribution in [0.3, 0.4) is 0 Å². The molecule has 2 rings (SSSR count). The summed E-state index contributed by atoms with van der Waals surface area (Å²) < 4.78 is 13.5. The number of halogens is 2. The molecular weight excluding hydrogens is 289 g/mol. The van der Waals surface area contributed by atoms with Gasteiger partial charge in [-0.1, -0.05) is 23.7 Å². The number of aliphatic hydroxyl groups excluding tert-OH is 1. The Morgan fingerprint density at radius 3 is 2.84 bits per heavy atom. The Kier molecular flexibility index (Phi) is 4.52. The molecule has 1 atom stereocenters. The Morgan fingerprint density at radius 2 is 2.21 bits per heavy atom. The number of rotatable bonds is 4. The van der Waals surface area contributed by atoms with Crippen LogP contribution in [0.15, 0.2) is 36.4 Å². The summed E-state index contributed by atoms with van der Waals surface area (Å²) in [7, 11) is 0. The first kappa shape index (κ1) is 14.0. The average molecular weight is 300 g/mol. The van der Waals surface area contributed by atoms with Gasteiger partial charge >= 0.3 is 0 Å². The van der Waals surface area contributed by atoms with Crippen molar-refractivity contribution >= 4 is 28.8 Å². The lowest BCUT2D eigenvalue weighted by Gasteiger charge is -2.11. The largest absolute Gasteiger partial charge is 0.387 e. The maximum Gasteiger partial charge on any atom is 0.261 e. The van der Waals surface area contributed by atoms with E-state index in [2.05, 4.69) is 5.32 Å². The van der Waals surface area contributed by atoms with Crippen LogP contribution in [0, 0.1) is 5.82 Å². The first-order valence-electron chi connectivity index (χ1n) is 5.53. The molecule has 19 heavy (non-hydrogen) atoms. The van der Waals surface area contributed by atoms with Crippen LogP contribution in [0.1, 0.15) is 21.3 Å². The Bertz CT molecular complexity index is 588. The van der Waals surface area contributed by atoms with E-state index in [0.717, 1.165) is 11.3 Å². The standard InChI is InChI=1S/C13H11ClFNO2S/c14-12-5-4-11(19-12)13(18)16-7-10(17)8-2-1-3-9(15)6-8/h1-6,10,17H,7H2,(H,16,18). The predicted molar refractivity (Wildman–Crippen MR) is 73.0 cm³/mol. The van der Waals surface area contributed by atoms with E-state index in [4.69, 9.17) is 11.6 Å². The molecule has 1 aromatic carbocycles. The molecule has 1 amide bonds. The fourth-order valence-electron chi connectivity index (χ4n) is 1.54. The number of aliphatic hydroxyl groups is 1. The van der Waals surface area contributed by atoms with Crippen molar-refractivity contribution in [2.45, 2.75) is 6.10 Å². The molecule has 1 aromatic heterocycles. The van der Waals surface area contributed by atoms with E-state index in [0.29, 0.717) is 14.8 Å². The Balaban J connectivity index is 1.93. The van der Waals surface area contributed by atoms with Crippen LogP contribution >= 0.6 is 22.9 Å². The number of carbonyl (C=O) groups excluding carboxylic acids is 1. The number of hydrogen-bond donors (Lipinski definition) is 2. The van der Waals surface area contributed by atoms with Gasteiger partial charge in [0.1, 0.15) is 5.82 Å². The Hall–Kier alpha value is -1.43. The molecule has 0 bridgehead atoms. The molecular formula is C13H11ClFNO2S. The predicted octanol–water partition coefficient (Wildman–Crippen LogP) is 3.00. The topological polar surface area (TPSA) is 49.3 Å². The molecule has 0 spiro atoms. The van der Waals surface area contributed by atoms with E-state index in [-0.39, 0.29) is 12.5 Å². The summed E-state index contributed by atoms with van der Waals surface area (Å²) >= 11 is 6.89. The second-order valence-electron chi connectivity index (χ2n) is 3.88. The third-order valence-electron chi connectivity index (χ3n) is 2.49. The van der Waals surface area contributed by atoms with E-state index in [9.17, 15) is 14.3 Å². The van der Waals surface area contributed by atoms with Gasteiger partial charge in [0.2, 0.25) is 0 Å². The van der Waals surface area contributed by atoms with Gasteiger partial charge in [0.05, 0.1) is 15.3 Å². The first-order chi connectivity index (χ1) is 9.06. The molecule has 0 saturated heterocycles. The fraction of sp³-hybridized carbons (Fsp3) is 0.154. The van der Waals surface area contributed by atoms with Crippen molar-refractivity contribution in [2.24, 2.45) is 0 Å². The lowest BCUT2D eigenvalue weighted by Crippen LogP contribution is -2.27. The van der Waals surface area contributed by atoms with E-state index < -0.39 is 11.9 Å². The third kappa shape index (κ3) is 3.76. The molecule has 3 nitrogen and oxygen atoms in total. The van der Waals surface area contributed by atoms with E-state index in [1.165, 1.54) is 18.2 Å². The van der Waals surface area contributed by atoms with Crippen molar-refractivity contribution in [2.75, 3.05) is 6.54 Å². The highest BCUT2D eigenvalue weighted by Crippen LogP contribution is 2.21. The number of amides is 1. The minimum atomic E-state index is -0.949. The number of carbonyl (C=O) groups is 1. The second kappa shape index (κ2) is 6.14. The molecule has 100 valence electrons. The molecule has 2 N–H and O–H groups in total. The van der Waals surface area contributed by atoms with Crippen molar-refractivity contribution in [1.29, 1.82) is 0 Å². The molecule has 0 aliphatic heterocycles. The highest BCUT2D eigenvalue weighted by atomic mass is 35.5. The number of benzene rings is 1. The molecule has 0 aliphatic rings. The molecule has 2 aromatic rings. The van der Waals surface area contributed by atoms with E-state index >= 15 is 0 Å². The van der Waals surface area contributed by atoms with Gasteiger partial charge in [0, 0.05) is 6.54 Å². The lowest BCUT2D eigenvalue weighted by molar-refractivity contribution is 0.0920. The number of thiophene rings is 1. The third-order valence-corrected chi connectivity index (χ3v) is 3.72. The lowest BCUT2D eigenvalue weighted by atomic mass is 10.1. The average Bonchev–Trinajstić information content (AvgIpc) is 2.82. The second-order valence-corrected chi connectivity index (χ2v) is 5.60. The molecule has 0 radical (unpaired) electrons. The minimum Gasteiger partial charge on any atom is -0.387 e. The van der Waals surface area contributed by atoms with Crippen LogP contribution in [-0.4, -0.2) is 17.6 Å². The summed E-state index contributed by atoms with van der Waals surface area (Å²) in [6.45, 7) is 0.0117. The van der Waals surface area contributed by atoms with Crippen molar-refractivity contribution in [3.05, 3.63) is 57.0 Å². The fourth-order valence-corrected chi connectivity index (χ4v) is 2.50. The number of nitrogens with one attached hydrogen (secondary N) is 1. The van der Waals surface area contributed by atoms with Crippen molar-refractivity contribution in [3.63, 3.8) is 0 Å². The van der Waals surface area contributed by atoms with Gasteiger partial charge in [-0.3, -0.25) is 4.79 Å². The van der Waals surface area contributed by atoms with Gasteiger partial charge in [-0.25, -0.2) is 4.39 Å². The van der Waals surface area contributed by atoms with E-state index in [1.54, 1.807) is 18.2 Å². The molecule has 1 unspecified atom stereocenters. The molecule has 1 heterocycles. The zero-order chi connectivity index (χ0) is 13.8. The van der Waals surface area contributed by atoms with Crippen LogP contribution in [0.5, 0.6) is 0 Å². The summed E-state index contributed by atoms with van der Waals surface area (Å²) in [4.78, 5) is 12.2. The Morgan fingerprint density at radius 1 is 1.42 bits per heavy atom. The van der Waals surface area contributed by atoms with Crippen LogP contribution in [0.4, 0.5) is 4.39 Å². The summed E-state index contributed by atoms with van der Waals surface area (Å²) in [6, 6.07) is 8.87. The van der Waals surface area contributed by atoms with Crippen molar-refractivity contribution < 1.29 is 14.3 Å². The molecule has 0 fully saturated rings. The van der Waals surface area contributed by atoms with Crippen molar-refractivity contribution in [3.8, 4) is 0 Å². The summed E-state index contributed by atoms with van der Waals surface area (Å²) in [5.74, 6) is -0.736. The van der Waals surface area contributed by atoms with Gasteiger partial charge in [0.25, 0.3) is 5.91 Å². The van der Waals surface area contributed by atoms with Gasteiger partial charge in [-0.05, 0) is 29.8 Å². The highest BCUT2D eigenvalue weighted by molar-refractivity contribution is 7.17. The maximum atomic E-state index is 13.0. The highest BCUT2D eigenvalue weighted by Gasteiger charge is 2.12. The summed E-state index contributed by atoms with van der Waals surface area (Å²) in [5.41, 5.74) is 0.421. The van der Waals surface area contributed by atoms with Crippen LogP contribution < -0.4 is 5.32 Å². The maximum absolute atomic E-state index is 13.0. The normalized spacial score (nSPS) is 12.2. The zero-order valence-corrected chi connectivity index (χ0v) is 11.3. The van der Waals surface area contributed by atoms with Gasteiger partial charge in [0.15, 0.2) is 0 Å². The smallest absolute Gasteiger partial charge is 0.261 e. The van der Waals surface area contributed by atoms with Crippen LogP contribution in [0.2, 0.25) is 4.34 Å². The van der Waals surface area contributed by atoms with Crippen LogP contribution in [-0.2, 0) is 0 Å². The summed E-state index contributed by atoms with van der Waals surface area (Å²) in [6.07, 6.45) is -0.949. The number of hydrogen-bond acceptors (Lipinski definition) is 3. The summed E-state index contributed by atoms with van der Waals surface area (Å²) in [5, 5.41) is 12.4. The van der Waals surface area contributed by atoms with Gasteiger partial charge in [-0.15, -0.1) is 11.3 Å². The Labute approximate surface area is 118 Å². The zero-order valence-electron chi connectivity index (χ0n) is 9.77. The quantitative estimate of drug-likeness (QED) is 0.912. The first-order valence-corrected chi connectivity index (χ1v) is 6.73. The monoisotopic (exact) mass is 299 g/mol. The minimum absolute atomic E-state index is 0.0117. The van der Waals surface area contributed by atoms with E-state index in [1.807, 2.05) is 0 Å². The van der Waals surface area contributed by atoms with Gasteiger partial charge < -0.3 is 10.4 Å². The molecule has 0 saturated carbocycles. The van der Waals surface area contributed by atoms with Gasteiger partial charge in [-0.2, -0.15) is 0 Å². The molecule has 0 aliphatic carbocycles. The molecule has 6 heteroatoms. The van der Waals surface area contributed by atoms with Crippen molar-refractivity contribution in [1.82, 2.24) is 5.32 Å². The SMILES string of the molecule is O=C(NCC(O)c1cccc(F)c1)c1ccc(Cl)s1.